The smallest absolute Gasteiger partial charge is 0.252 e. The van der Waals surface area contributed by atoms with E-state index in [1.165, 1.54) is 10.9 Å². The molecule has 0 fully saturated rings. The molecule has 0 spiro atoms. The number of aromatic nitrogens is 2. The molecule has 0 saturated heterocycles. The normalized spacial score (nSPS) is 14.6. The number of aromatic amines is 1. The number of benzene rings is 4. The van der Waals surface area contributed by atoms with Crippen molar-refractivity contribution in [2.24, 2.45) is 0 Å². The molecule has 0 radical (unpaired) electrons. The number of hydrogen-bond acceptors (Lipinski definition) is 4. The van der Waals surface area contributed by atoms with Crippen molar-refractivity contribution in [1.82, 2.24) is 20.2 Å². The van der Waals surface area contributed by atoms with Crippen LogP contribution < -0.4 is 10.6 Å². The number of rotatable bonds is 7. The summed E-state index contributed by atoms with van der Waals surface area (Å²) in [6, 6.07) is 28.6. The van der Waals surface area contributed by atoms with Crippen molar-refractivity contribution in [3.05, 3.63) is 131 Å². The van der Waals surface area contributed by atoms with Gasteiger partial charge in [-0.3, -0.25) is 4.79 Å². The van der Waals surface area contributed by atoms with Gasteiger partial charge >= 0.3 is 0 Å². The van der Waals surface area contributed by atoms with Crippen LogP contribution in [-0.2, 0) is 19.6 Å². The second-order valence-electron chi connectivity index (χ2n) is 10.3. The van der Waals surface area contributed by atoms with Crippen molar-refractivity contribution in [1.29, 1.82) is 0 Å². The first kappa shape index (κ1) is 24.1. The third-order valence-electron chi connectivity index (χ3n) is 7.74. The molecule has 7 rings (SSSR count). The predicted molar refractivity (Wildman–Crippen MR) is 155 cm³/mol. The molecule has 0 saturated carbocycles. The highest BCUT2D eigenvalue weighted by molar-refractivity contribution is 6.01. The van der Waals surface area contributed by atoms with Crippen LogP contribution in [0.15, 0.2) is 97.2 Å². The quantitative estimate of drug-likeness (QED) is 0.183. The molecule has 5 N–H and O–H groups in total. The Hall–Kier alpha value is -5.01. The molecule has 3 heterocycles. The minimum absolute atomic E-state index is 0.132. The van der Waals surface area contributed by atoms with E-state index in [4.69, 9.17) is 0 Å². The number of carbonyl (C=O) groups is 1. The van der Waals surface area contributed by atoms with Gasteiger partial charge in [0, 0.05) is 59.1 Å². The molecule has 40 heavy (non-hydrogen) atoms. The standard InChI is InChI=1S/C33H28N4O3/c38-23-9-6-20(7-10-23)19-37-14-13-22-8-5-21(15-30(22)37)17-34-18-29-31(26-3-1-2-4-28(26)35-29)32-27-16-24(39)11-12-25(27)33(40)36-32/h1-16,32,34-35,38-39H,17-19H2,(H,36,40)/t32-/m0/s1. The Balaban J connectivity index is 1.14. The molecule has 1 atom stereocenters. The SMILES string of the molecule is O=C1N[C@H](c2c(CNCc3ccc4ccn(Cc5ccc(O)cc5)c4c3)[nH]c3ccccc23)c2cc(O)ccc21. The van der Waals surface area contributed by atoms with E-state index in [-0.39, 0.29) is 23.4 Å². The first-order chi connectivity index (χ1) is 19.5. The number of phenols is 2. The number of fused-ring (bicyclic) bond motifs is 3. The number of nitrogens with one attached hydrogen (secondary N) is 3. The summed E-state index contributed by atoms with van der Waals surface area (Å²) in [5, 5.41) is 28.7. The summed E-state index contributed by atoms with van der Waals surface area (Å²) < 4.78 is 2.22. The van der Waals surface area contributed by atoms with Crippen LogP contribution in [0.1, 0.15) is 44.3 Å². The Morgan fingerprint density at radius 3 is 2.50 bits per heavy atom. The topological polar surface area (TPSA) is 102 Å². The zero-order valence-corrected chi connectivity index (χ0v) is 21.7. The molecule has 1 aliphatic rings. The summed E-state index contributed by atoms with van der Waals surface area (Å²) >= 11 is 0. The maximum Gasteiger partial charge on any atom is 0.252 e. The second-order valence-corrected chi connectivity index (χ2v) is 10.3. The van der Waals surface area contributed by atoms with Gasteiger partial charge in [0.2, 0.25) is 0 Å². The van der Waals surface area contributed by atoms with Gasteiger partial charge in [-0.15, -0.1) is 0 Å². The molecule has 0 aliphatic carbocycles. The van der Waals surface area contributed by atoms with Crippen molar-refractivity contribution in [2.75, 3.05) is 0 Å². The Kier molecular flexibility index (Phi) is 5.79. The first-order valence-corrected chi connectivity index (χ1v) is 13.3. The molecule has 198 valence electrons. The second kappa shape index (κ2) is 9.63. The van der Waals surface area contributed by atoms with Gasteiger partial charge in [0.1, 0.15) is 11.5 Å². The Morgan fingerprint density at radius 1 is 0.825 bits per heavy atom. The van der Waals surface area contributed by atoms with Crippen LogP contribution in [0.3, 0.4) is 0 Å². The van der Waals surface area contributed by atoms with Crippen LogP contribution in [0, 0.1) is 0 Å². The molecule has 1 aliphatic heterocycles. The summed E-state index contributed by atoms with van der Waals surface area (Å²) in [5.74, 6) is 0.281. The van der Waals surface area contributed by atoms with Crippen LogP contribution in [0.25, 0.3) is 21.8 Å². The maximum absolute atomic E-state index is 12.7. The molecule has 7 heteroatoms. The van der Waals surface area contributed by atoms with Gasteiger partial charge in [0.25, 0.3) is 5.91 Å². The molecule has 4 aromatic carbocycles. The average molecular weight is 529 g/mol. The molecular weight excluding hydrogens is 500 g/mol. The maximum atomic E-state index is 12.7. The van der Waals surface area contributed by atoms with Gasteiger partial charge < -0.3 is 30.4 Å². The lowest BCUT2D eigenvalue weighted by molar-refractivity contribution is 0.0960. The highest BCUT2D eigenvalue weighted by Crippen LogP contribution is 2.38. The summed E-state index contributed by atoms with van der Waals surface area (Å²) in [6.45, 7) is 1.98. The molecule has 6 aromatic rings. The molecule has 0 bridgehead atoms. The van der Waals surface area contributed by atoms with Crippen molar-refractivity contribution < 1.29 is 15.0 Å². The minimum Gasteiger partial charge on any atom is -0.508 e. The van der Waals surface area contributed by atoms with Crippen molar-refractivity contribution in [3.8, 4) is 11.5 Å². The van der Waals surface area contributed by atoms with Gasteiger partial charge in [0.05, 0.1) is 6.04 Å². The Morgan fingerprint density at radius 2 is 1.62 bits per heavy atom. The van der Waals surface area contributed by atoms with Gasteiger partial charge in [-0.2, -0.15) is 0 Å². The highest BCUT2D eigenvalue weighted by Gasteiger charge is 2.33. The molecule has 7 nitrogen and oxygen atoms in total. The number of para-hydroxylation sites is 1. The molecule has 2 aromatic heterocycles. The van der Waals surface area contributed by atoms with Crippen LogP contribution in [0.5, 0.6) is 11.5 Å². The number of amides is 1. The monoisotopic (exact) mass is 528 g/mol. The molecule has 1 amide bonds. The molecular formula is C33H28N4O3. The first-order valence-electron chi connectivity index (χ1n) is 13.3. The summed E-state index contributed by atoms with van der Waals surface area (Å²) in [6.07, 6.45) is 2.09. The number of aromatic hydroxyl groups is 2. The zero-order chi connectivity index (χ0) is 27.2. The van der Waals surface area contributed by atoms with E-state index >= 15 is 0 Å². The largest absolute Gasteiger partial charge is 0.508 e. The van der Waals surface area contributed by atoms with E-state index in [0.29, 0.717) is 18.7 Å². The average Bonchev–Trinajstić information content (AvgIpc) is 3.62. The van der Waals surface area contributed by atoms with Crippen molar-refractivity contribution in [3.63, 3.8) is 0 Å². The fourth-order valence-corrected chi connectivity index (χ4v) is 5.81. The van der Waals surface area contributed by atoms with Crippen LogP contribution in [0.4, 0.5) is 0 Å². The van der Waals surface area contributed by atoms with Crippen molar-refractivity contribution >= 4 is 27.7 Å². The Bertz CT molecular complexity index is 1880. The summed E-state index contributed by atoms with van der Waals surface area (Å²) in [7, 11) is 0. The number of carbonyl (C=O) groups excluding carboxylic acids is 1. The predicted octanol–water partition coefficient (Wildman–Crippen LogP) is 5.70. The van der Waals surface area contributed by atoms with E-state index in [2.05, 4.69) is 56.7 Å². The number of phenolic OH excluding ortho intramolecular Hbond substituents is 2. The van der Waals surface area contributed by atoms with E-state index in [0.717, 1.165) is 45.3 Å². The van der Waals surface area contributed by atoms with Gasteiger partial charge in [-0.25, -0.2) is 0 Å². The van der Waals surface area contributed by atoms with E-state index in [9.17, 15) is 15.0 Å². The third-order valence-corrected chi connectivity index (χ3v) is 7.74. The van der Waals surface area contributed by atoms with E-state index in [1.54, 1.807) is 30.3 Å². The van der Waals surface area contributed by atoms with Gasteiger partial charge in [0.15, 0.2) is 0 Å². The summed E-state index contributed by atoms with van der Waals surface area (Å²) in [4.78, 5) is 16.3. The fraction of sp³-hybridized carbons (Fsp3) is 0.121. The lowest BCUT2D eigenvalue weighted by atomic mass is 9.95. The summed E-state index contributed by atoms with van der Waals surface area (Å²) in [5.41, 5.74) is 7.85. The fourth-order valence-electron chi connectivity index (χ4n) is 5.81. The van der Waals surface area contributed by atoms with E-state index < -0.39 is 0 Å². The third kappa shape index (κ3) is 4.26. The minimum atomic E-state index is -0.345. The van der Waals surface area contributed by atoms with Crippen LogP contribution >= 0.6 is 0 Å². The van der Waals surface area contributed by atoms with Crippen LogP contribution in [0.2, 0.25) is 0 Å². The van der Waals surface area contributed by atoms with Gasteiger partial charge in [-0.05, 0) is 70.6 Å². The molecule has 0 unspecified atom stereocenters. The highest BCUT2D eigenvalue weighted by atomic mass is 16.3. The van der Waals surface area contributed by atoms with E-state index in [1.807, 2.05) is 30.3 Å². The number of nitrogens with zero attached hydrogens (tertiary/aromatic N) is 1. The number of H-pyrrole nitrogens is 1. The van der Waals surface area contributed by atoms with Gasteiger partial charge in [-0.1, -0.05) is 42.5 Å². The number of hydrogen-bond donors (Lipinski definition) is 5. The Labute approximate surface area is 230 Å². The lowest BCUT2D eigenvalue weighted by Crippen LogP contribution is -2.22. The zero-order valence-electron chi connectivity index (χ0n) is 21.7. The van der Waals surface area contributed by atoms with Crippen molar-refractivity contribution in [2.45, 2.75) is 25.7 Å². The van der Waals surface area contributed by atoms with Crippen LogP contribution in [-0.4, -0.2) is 25.7 Å². The lowest BCUT2D eigenvalue weighted by Gasteiger charge is -2.15.